The lowest BCUT2D eigenvalue weighted by Crippen LogP contribution is -2.22. The van der Waals surface area contributed by atoms with E-state index in [9.17, 15) is 4.79 Å². The maximum atomic E-state index is 13.1. The van der Waals surface area contributed by atoms with Crippen LogP contribution >= 0.6 is 11.8 Å². The summed E-state index contributed by atoms with van der Waals surface area (Å²) >= 11 is 1.35. The van der Waals surface area contributed by atoms with E-state index in [1.54, 1.807) is 12.5 Å². The Hall–Kier alpha value is -4.17. The average molecular weight is 497 g/mol. The predicted octanol–water partition coefficient (Wildman–Crippen LogP) is 7.18. The van der Waals surface area contributed by atoms with Gasteiger partial charge in [-0.05, 0) is 62.4 Å². The average Bonchev–Trinajstić information content (AvgIpc) is 3.69. The Morgan fingerprint density at radius 3 is 2.50 bits per heavy atom. The van der Waals surface area contributed by atoms with Gasteiger partial charge < -0.3 is 23.7 Å². The number of para-hydroxylation sites is 1. The fourth-order valence-electron chi connectivity index (χ4n) is 4.54. The number of nitrogens with one attached hydrogen (secondary N) is 2. The summed E-state index contributed by atoms with van der Waals surface area (Å²) in [6.45, 7) is 4.89. The first-order valence-corrected chi connectivity index (χ1v) is 12.7. The van der Waals surface area contributed by atoms with Crippen molar-refractivity contribution in [2.75, 3.05) is 5.32 Å². The van der Waals surface area contributed by atoms with Crippen LogP contribution in [-0.2, 0) is 11.3 Å². The van der Waals surface area contributed by atoms with Gasteiger partial charge in [-0.2, -0.15) is 0 Å². The Kier molecular flexibility index (Phi) is 5.65. The molecule has 4 heterocycles. The number of imidazole rings is 1. The topological polar surface area (TPSA) is 89.0 Å². The molecule has 7 nitrogen and oxygen atoms in total. The summed E-state index contributed by atoms with van der Waals surface area (Å²) in [4.78, 5) is 21.1. The van der Waals surface area contributed by atoms with Crippen LogP contribution in [0.4, 0.5) is 5.69 Å². The zero-order valence-corrected chi connectivity index (χ0v) is 20.6. The molecule has 6 aromatic rings. The van der Waals surface area contributed by atoms with Gasteiger partial charge in [-0.15, -0.1) is 0 Å². The van der Waals surface area contributed by atoms with Gasteiger partial charge in [0.1, 0.15) is 11.4 Å². The van der Waals surface area contributed by atoms with Crippen molar-refractivity contribution in [3.63, 3.8) is 0 Å². The Balaban J connectivity index is 1.24. The summed E-state index contributed by atoms with van der Waals surface area (Å²) in [6, 6.07) is 21.8. The molecule has 2 N–H and O–H groups in total. The van der Waals surface area contributed by atoms with Gasteiger partial charge in [-0.25, -0.2) is 4.98 Å². The van der Waals surface area contributed by atoms with Crippen molar-refractivity contribution in [2.24, 2.45) is 0 Å². The number of rotatable bonds is 7. The number of hydrogen-bond acceptors (Lipinski definition) is 5. The van der Waals surface area contributed by atoms with E-state index in [-0.39, 0.29) is 5.91 Å². The van der Waals surface area contributed by atoms with E-state index in [4.69, 9.17) is 13.8 Å². The molecule has 2 aromatic carbocycles. The molecule has 0 aliphatic rings. The molecular formula is C28H24N4O3S. The fraction of sp³-hybridized carbons (Fsp3) is 0.143. The SMILES string of the molecule is CCn1c2ccccc2c2cc(NC(=O)C(C)Sc3nc(-c4ccco4)c(-c4ccco4)[nH]3)ccc21. The van der Waals surface area contributed by atoms with Crippen molar-refractivity contribution in [1.29, 1.82) is 0 Å². The molecule has 0 aliphatic carbocycles. The van der Waals surface area contributed by atoms with Crippen molar-refractivity contribution in [3.05, 3.63) is 79.3 Å². The third-order valence-corrected chi connectivity index (χ3v) is 7.20. The zero-order valence-electron chi connectivity index (χ0n) is 19.8. The van der Waals surface area contributed by atoms with Gasteiger partial charge in [0.05, 0.1) is 17.8 Å². The van der Waals surface area contributed by atoms with Crippen LogP contribution in [0.2, 0.25) is 0 Å². The van der Waals surface area contributed by atoms with E-state index in [2.05, 4.69) is 52.1 Å². The van der Waals surface area contributed by atoms with Crippen LogP contribution in [-0.4, -0.2) is 25.7 Å². The molecule has 36 heavy (non-hydrogen) atoms. The second kappa shape index (κ2) is 9.13. The lowest BCUT2D eigenvalue weighted by Gasteiger charge is -2.11. The zero-order chi connectivity index (χ0) is 24.6. The van der Waals surface area contributed by atoms with Crippen LogP contribution in [0.1, 0.15) is 13.8 Å². The highest BCUT2D eigenvalue weighted by atomic mass is 32.2. The number of amides is 1. The second-order valence-electron chi connectivity index (χ2n) is 8.46. The molecule has 1 amide bonds. The monoisotopic (exact) mass is 496 g/mol. The predicted molar refractivity (Wildman–Crippen MR) is 143 cm³/mol. The molecule has 1 unspecified atom stereocenters. The third-order valence-electron chi connectivity index (χ3n) is 6.22. The Morgan fingerprint density at radius 2 is 1.75 bits per heavy atom. The molecule has 0 aliphatic heterocycles. The van der Waals surface area contributed by atoms with Crippen LogP contribution in [0.25, 0.3) is 44.7 Å². The van der Waals surface area contributed by atoms with Crippen molar-refractivity contribution in [3.8, 4) is 22.9 Å². The number of aromatic amines is 1. The van der Waals surface area contributed by atoms with Crippen LogP contribution in [0, 0.1) is 0 Å². The summed E-state index contributed by atoms with van der Waals surface area (Å²) in [5.74, 6) is 1.17. The Morgan fingerprint density at radius 1 is 1.00 bits per heavy atom. The molecular weight excluding hydrogens is 472 g/mol. The standard InChI is InChI=1S/C28H24N4O3S/c1-3-32-21-9-5-4-8-19(21)20-16-18(12-13-22(20)32)29-27(33)17(2)36-28-30-25(23-10-6-14-34-23)26(31-28)24-11-7-15-35-24/h4-17H,3H2,1-2H3,(H,29,33)(H,30,31). The first-order valence-electron chi connectivity index (χ1n) is 11.8. The molecule has 0 saturated carbocycles. The van der Waals surface area contributed by atoms with E-state index in [0.29, 0.717) is 28.1 Å². The number of nitrogens with zero attached hydrogens (tertiary/aromatic N) is 2. The van der Waals surface area contributed by atoms with Gasteiger partial charge in [-0.3, -0.25) is 4.79 Å². The summed E-state index contributed by atoms with van der Waals surface area (Å²) < 4.78 is 13.4. The molecule has 0 radical (unpaired) electrons. The highest BCUT2D eigenvalue weighted by Crippen LogP contribution is 2.35. The number of anilines is 1. The Labute approximate surface area is 211 Å². The van der Waals surface area contributed by atoms with E-state index >= 15 is 0 Å². The minimum absolute atomic E-state index is 0.103. The molecule has 6 rings (SSSR count). The van der Waals surface area contributed by atoms with E-state index in [1.807, 2.05) is 43.3 Å². The number of hydrogen-bond donors (Lipinski definition) is 2. The Bertz CT molecular complexity index is 1610. The fourth-order valence-corrected chi connectivity index (χ4v) is 5.34. The molecule has 0 spiro atoms. The number of aryl methyl sites for hydroxylation is 1. The first kappa shape index (κ1) is 22.3. The van der Waals surface area contributed by atoms with Gasteiger partial charge in [0.25, 0.3) is 0 Å². The van der Waals surface area contributed by atoms with Gasteiger partial charge in [0.15, 0.2) is 16.7 Å². The van der Waals surface area contributed by atoms with Crippen molar-refractivity contribution in [1.82, 2.24) is 14.5 Å². The molecule has 0 saturated heterocycles. The number of furan rings is 2. The minimum atomic E-state index is -0.391. The summed E-state index contributed by atoms with van der Waals surface area (Å²) in [7, 11) is 0. The van der Waals surface area contributed by atoms with Gasteiger partial charge >= 0.3 is 0 Å². The number of carbonyl (C=O) groups is 1. The van der Waals surface area contributed by atoms with Crippen molar-refractivity contribution < 1.29 is 13.6 Å². The molecule has 8 heteroatoms. The van der Waals surface area contributed by atoms with Crippen LogP contribution in [0.5, 0.6) is 0 Å². The lowest BCUT2D eigenvalue weighted by molar-refractivity contribution is -0.115. The first-order chi connectivity index (χ1) is 17.6. The summed E-state index contributed by atoms with van der Waals surface area (Å²) in [5.41, 5.74) is 4.47. The van der Waals surface area contributed by atoms with Crippen molar-refractivity contribution in [2.45, 2.75) is 30.8 Å². The number of fused-ring (bicyclic) bond motifs is 3. The maximum Gasteiger partial charge on any atom is 0.237 e. The molecule has 4 aromatic heterocycles. The van der Waals surface area contributed by atoms with E-state index in [1.165, 1.54) is 22.7 Å². The molecule has 1 atom stereocenters. The van der Waals surface area contributed by atoms with Gasteiger partial charge in [0.2, 0.25) is 5.91 Å². The smallest absolute Gasteiger partial charge is 0.237 e. The highest BCUT2D eigenvalue weighted by molar-refractivity contribution is 8.00. The van der Waals surface area contributed by atoms with Gasteiger partial charge in [0, 0.05) is 34.0 Å². The van der Waals surface area contributed by atoms with Crippen LogP contribution < -0.4 is 5.32 Å². The highest BCUT2D eigenvalue weighted by Gasteiger charge is 2.22. The molecule has 180 valence electrons. The second-order valence-corrected chi connectivity index (χ2v) is 9.79. The third kappa shape index (κ3) is 3.89. The number of H-pyrrole nitrogens is 1. The minimum Gasteiger partial charge on any atom is -0.463 e. The number of aromatic nitrogens is 3. The van der Waals surface area contributed by atoms with Crippen LogP contribution in [0.15, 0.2) is 93.2 Å². The number of benzene rings is 2. The molecule has 0 fully saturated rings. The summed E-state index contributed by atoms with van der Waals surface area (Å²) in [6.07, 6.45) is 3.22. The number of thioether (sulfide) groups is 1. The maximum absolute atomic E-state index is 13.1. The van der Waals surface area contributed by atoms with Crippen LogP contribution in [0.3, 0.4) is 0 Å². The number of carbonyl (C=O) groups excluding carboxylic acids is 1. The van der Waals surface area contributed by atoms with Gasteiger partial charge in [-0.1, -0.05) is 30.0 Å². The van der Waals surface area contributed by atoms with E-state index in [0.717, 1.165) is 23.1 Å². The van der Waals surface area contributed by atoms with Crippen molar-refractivity contribution >= 4 is 45.2 Å². The normalized spacial score (nSPS) is 12.4. The van der Waals surface area contributed by atoms with E-state index < -0.39 is 5.25 Å². The lowest BCUT2D eigenvalue weighted by atomic mass is 10.1. The summed E-state index contributed by atoms with van der Waals surface area (Å²) in [5, 5.41) is 5.60. The largest absolute Gasteiger partial charge is 0.463 e. The molecule has 0 bridgehead atoms. The quantitative estimate of drug-likeness (QED) is 0.229.